The lowest BCUT2D eigenvalue weighted by Crippen LogP contribution is -3.20. The fraction of sp³-hybridized carbons (Fsp3) is 0.588. The second-order valence-corrected chi connectivity index (χ2v) is 6.21. The van der Waals surface area contributed by atoms with Crippen molar-refractivity contribution < 1.29 is 18.8 Å². The quantitative estimate of drug-likeness (QED) is 0.863. The summed E-state index contributed by atoms with van der Waals surface area (Å²) in [6.45, 7) is 7.16. The smallest absolute Gasteiger partial charge is 0.341 e. The number of hydrogen-bond donors (Lipinski definition) is 1. The number of hydrogen-bond acceptors (Lipinski definition) is 2. The molecule has 0 amide bonds. The maximum atomic E-state index is 13.6. The molecule has 2 rings (SSSR count). The van der Waals surface area contributed by atoms with Gasteiger partial charge in [-0.15, -0.1) is 0 Å². The fourth-order valence-electron chi connectivity index (χ4n) is 3.24. The summed E-state index contributed by atoms with van der Waals surface area (Å²) in [6.07, 6.45) is 3.49. The van der Waals surface area contributed by atoms with Gasteiger partial charge in [-0.25, -0.2) is 9.18 Å². The number of ether oxygens (including phenoxy) is 1. The molecule has 0 radical (unpaired) electrons. The second kappa shape index (κ2) is 7.03. The van der Waals surface area contributed by atoms with Crippen LogP contribution in [0.3, 0.4) is 0 Å². The van der Waals surface area contributed by atoms with Gasteiger partial charge in [0.25, 0.3) is 0 Å². The van der Waals surface area contributed by atoms with Crippen LogP contribution in [0.25, 0.3) is 0 Å². The topological polar surface area (TPSA) is 30.7 Å². The summed E-state index contributed by atoms with van der Waals surface area (Å²) in [5.41, 5.74) is 0.0130. The van der Waals surface area contributed by atoms with Crippen LogP contribution in [0.5, 0.6) is 0 Å². The van der Waals surface area contributed by atoms with E-state index in [-0.39, 0.29) is 11.7 Å². The molecule has 1 aromatic carbocycles. The Balaban J connectivity index is 1.93. The largest absolute Gasteiger partial charge is 0.453 e. The monoisotopic (exact) mass is 294 g/mol. The van der Waals surface area contributed by atoms with E-state index in [0.29, 0.717) is 12.1 Å². The van der Waals surface area contributed by atoms with Crippen LogP contribution in [0.2, 0.25) is 0 Å². The maximum absolute atomic E-state index is 13.6. The van der Waals surface area contributed by atoms with Crippen molar-refractivity contribution in [2.75, 3.05) is 6.54 Å². The number of piperidine rings is 1. The van der Waals surface area contributed by atoms with E-state index >= 15 is 0 Å². The Bertz CT molecular complexity index is 481. The molecule has 3 nitrogen and oxygen atoms in total. The van der Waals surface area contributed by atoms with E-state index in [1.165, 1.54) is 36.3 Å². The molecule has 21 heavy (non-hydrogen) atoms. The highest BCUT2D eigenvalue weighted by Gasteiger charge is 2.30. The first kappa shape index (κ1) is 16.0. The molecule has 1 saturated heterocycles. The van der Waals surface area contributed by atoms with Crippen molar-refractivity contribution in [2.45, 2.75) is 58.2 Å². The van der Waals surface area contributed by atoms with Gasteiger partial charge in [-0.05, 0) is 52.2 Å². The van der Waals surface area contributed by atoms with Gasteiger partial charge in [-0.2, -0.15) is 0 Å². The average Bonchev–Trinajstić information content (AvgIpc) is 2.43. The summed E-state index contributed by atoms with van der Waals surface area (Å²) in [5.74, 6) is -1.10. The van der Waals surface area contributed by atoms with E-state index in [4.69, 9.17) is 4.74 Å². The Hall–Kier alpha value is -1.42. The third kappa shape index (κ3) is 4.03. The lowest BCUT2D eigenvalue weighted by molar-refractivity contribution is -0.953. The van der Waals surface area contributed by atoms with Crippen LogP contribution in [-0.2, 0) is 4.74 Å². The number of quaternary nitrogens is 1. The summed E-state index contributed by atoms with van der Waals surface area (Å²) in [4.78, 5) is 13.5. The minimum absolute atomic E-state index is 0.0130. The van der Waals surface area contributed by atoms with Crippen LogP contribution in [-0.4, -0.2) is 30.7 Å². The molecule has 0 aromatic heterocycles. The van der Waals surface area contributed by atoms with Crippen molar-refractivity contribution in [1.29, 1.82) is 0 Å². The van der Waals surface area contributed by atoms with Crippen LogP contribution < -0.4 is 4.90 Å². The lowest BCUT2D eigenvalue weighted by Gasteiger charge is -2.37. The first-order valence-corrected chi connectivity index (χ1v) is 7.80. The van der Waals surface area contributed by atoms with Gasteiger partial charge >= 0.3 is 5.97 Å². The second-order valence-electron chi connectivity index (χ2n) is 6.21. The van der Waals surface area contributed by atoms with E-state index in [2.05, 4.69) is 13.8 Å². The SMILES string of the molecule is C[C@H](C[NH+]1[C@@H](C)CCC[C@@H]1C)OC(=O)c1ccccc1F. The minimum Gasteiger partial charge on any atom is -0.453 e. The third-order valence-corrected chi connectivity index (χ3v) is 4.47. The van der Waals surface area contributed by atoms with Gasteiger partial charge < -0.3 is 9.64 Å². The molecule has 3 atom stereocenters. The standard InChI is InChI=1S/C17H24FNO2/c1-12-7-6-8-13(2)19(12)11-14(3)21-17(20)15-9-4-5-10-16(15)18/h4-5,9-10,12-14H,6-8,11H2,1-3H3/p+1/t12-,13-,14+/m0/s1. The number of halogens is 1. The Morgan fingerprint density at radius 3 is 2.57 bits per heavy atom. The molecule has 1 aromatic rings. The van der Waals surface area contributed by atoms with Crippen LogP contribution in [0, 0.1) is 5.82 Å². The lowest BCUT2D eigenvalue weighted by atomic mass is 9.97. The molecule has 1 N–H and O–H groups in total. The molecular formula is C17H25FNO2+. The predicted octanol–water partition coefficient (Wildman–Crippen LogP) is 2.22. The van der Waals surface area contributed by atoms with Crippen LogP contribution >= 0.6 is 0 Å². The molecule has 0 saturated carbocycles. The number of nitrogens with one attached hydrogen (secondary N) is 1. The van der Waals surface area contributed by atoms with E-state index < -0.39 is 11.8 Å². The van der Waals surface area contributed by atoms with Crippen molar-refractivity contribution in [3.8, 4) is 0 Å². The molecule has 0 aliphatic carbocycles. The van der Waals surface area contributed by atoms with Crippen molar-refractivity contribution in [1.82, 2.24) is 0 Å². The Morgan fingerprint density at radius 1 is 1.33 bits per heavy atom. The molecule has 0 unspecified atom stereocenters. The molecule has 1 heterocycles. The molecule has 1 aliphatic rings. The molecular weight excluding hydrogens is 269 g/mol. The number of carbonyl (C=O) groups is 1. The number of likely N-dealkylation sites (tertiary alicyclic amines) is 1. The Morgan fingerprint density at radius 2 is 1.95 bits per heavy atom. The zero-order valence-corrected chi connectivity index (χ0v) is 13.1. The average molecular weight is 294 g/mol. The summed E-state index contributed by atoms with van der Waals surface area (Å²) in [5, 5.41) is 0. The van der Waals surface area contributed by atoms with Crippen LogP contribution in [0.15, 0.2) is 24.3 Å². The molecule has 116 valence electrons. The summed E-state index contributed by atoms with van der Waals surface area (Å²) >= 11 is 0. The van der Waals surface area contributed by atoms with Gasteiger partial charge in [0.05, 0.1) is 17.6 Å². The minimum atomic E-state index is -0.572. The Labute approximate surface area is 126 Å². The van der Waals surface area contributed by atoms with Crippen LogP contribution in [0.4, 0.5) is 4.39 Å². The van der Waals surface area contributed by atoms with E-state index in [9.17, 15) is 9.18 Å². The Kier molecular flexibility index (Phi) is 5.34. The predicted molar refractivity (Wildman–Crippen MR) is 79.9 cm³/mol. The van der Waals surface area contributed by atoms with Gasteiger partial charge in [0.2, 0.25) is 0 Å². The molecule has 0 spiro atoms. The van der Waals surface area contributed by atoms with E-state index in [1.54, 1.807) is 12.1 Å². The highest BCUT2D eigenvalue weighted by atomic mass is 19.1. The fourth-order valence-corrected chi connectivity index (χ4v) is 3.24. The highest BCUT2D eigenvalue weighted by molar-refractivity contribution is 5.89. The van der Waals surface area contributed by atoms with Gasteiger partial charge in [0.15, 0.2) is 0 Å². The van der Waals surface area contributed by atoms with Crippen molar-refractivity contribution >= 4 is 5.97 Å². The number of esters is 1. The van der Waals surface area contributed by atoms with Gasteiger partial charge in [0.1, 0.15) is 18.5 Å². The first-order valence-electron chi connectivity index (χ1n) is 7.80. The van der Waals surface area contributed by atoms with Crippen molar-refractivity contribution in [3.63, 3.8) is 0 Å². The number of rotatable bonds is 4. The van der Waals surface area contributed by atoms with Crippen molar-refractivity contribution in [2.24, 2.45) is 0 Å². The summed E-state index contributed by atoms with van der Waals surface area (Å²) < 4.78 is 19.0. The van der Waals surface area contributed by atoms with E-state index in [0.717, 1.165) is 6.54 Å². The normalized spacial score (nSPS) is 24.6. The van der Waals surface area contributed by atoms with Gasteiger partial charge in [0, 0.05) is 0 Å². The third-order valence-electron chi connectivity index (χ3n) is 4.47. The highest BCUT2D eigenvalue weighted by Crippen LogP contribution is 2.10. The van der Waals surface area contributed by atoms with Gasteiger partial charge in [-0.3, -0.25) is 0 Å². The zero-order chi connectivity index (χ0) is 15.4. The summed E-state index contributed by atoms with van der Waals surface area (Å²) in [7, 11) is 0. The van der Waals surface area contributed by atoms with Crippen LogP contribution in [0.1, 0.15) is 50.4 Å². The first-order chi connectivity index (χ1) is 9.99. The zero-order valence-electron chi connectivity index (χ0n) is 13.1. The number of carbonyl (C=O) groups excluding carboxylic acids is 1. The summed E-state index contributed by atoms with van der Waals surface area (Å²) in [6, 6.07) is 7.12. The van der Waals surface area contributed by atoms with Crippen molar-refractivity contribution in [3.05, 3.63) is 35.6 Å². The van der Waals surface area contributed by atoms with Gasteiger partial charge in [-0.1, -0.05) is 12.1 Å². The molecule has 0 bridgehead atoms. The molecule has 1 aliphatic heterocycles. The maximum Gasteiger partial charge on any atom is 0.341 e. The van der Waals surface area contributed by atoms with E-state index in [1.807, 2.05) is 6.92 Å². The molecule has 4 heteroatoms. The molecule has 1 fully saturated rings. The number of benzene rings is 1.